The summed E-state index contributed by atoms with van der Waals surface area (Å²) in [6.45, 7) is 1.80. The normalized spacial score (nSPS) is 15.8. The number of nitriles is 1. The molecule has 2 aromatic heterocycles. The molecule has 0 bridgehead atoms. The summed E-state index contributed by atoms with van der Waals surface area (Å²) in [6.07, 6.45) is 1.84. The lowest BCUT2D eigenvalue weighted by Crippen LogP contribution is -2.45. The lowest BCUT2D eigenvalue weighted by Gasteiger charge is -2.30. The lowest BCUT2D eigenvalue weighted by atomic mass is 10.0. The van der Waals surface area contributed by atoms with E-state index in [4.69, 9.17) is 15.5 Å². The van der Waals surface area contributed by atoms with Gasteiger partial charge in [-0.05, 0) is 42.7 Å². The van der Waals surface area contributed by atoms with Crippen molar-refractivity contribution in [2.45, 2.75) is 25.4 Å². The Labute approximate surface area is 204 Å². The SMILES string of the molecule is COc1cc(C(=O)N2CCC[C@@H](N)C2)cc2nc(-c3ccc(C#N)n3Cc3ccccc3)n(C)c12. The molecule has 4 aromatic rings. The van der Waals surface area contributed by atoms with Gasteiger partial charge < -0.3 is 24.5 Å². The number of imidazole rings is 1. The number of benzene rings is 2. The van der Waals surface area contributed by atoms with E-state index in [-0.39, 0.29) is 11.9 Å². The van der Waals surface area contributed by atoms with Gasteiger partial charge >= 0.3 is 0 Å². The van der Waals surface area contributed by atoms with Gasteiger partial charge in [0.25, 0.3) is 5.91 Å². The minimum atomic E-state index is -0.0632. The van der Waals surface area contributed by atoms with E-state index < -0.39 is 0 Å². The molecule has 35 heavy (non-hydrogen) atoms. The highest BCUT2D eigenvalue weighted by Crippen LogP contribution is 2.33. The third kappa shape index (κ3) is 4.15. The van der Waals surface area contributed by atoms with Crippen LogP contribution in [-0.2, 0) is 13.6 Å². The Kier molecular flexibility index (Phi) is 6.01. The Morgan fingerprint density at radius 2 is 2.03 bits per heavy atom. The summed E-state index contributed by atoms with van der Waals surface area (Å²) in [6, 6.07) is 19.6. The molecule has 1 saturated heterocycles. The first-order valence-electron chi connectivity index (χ1n) is 11.7. The van der Waals surface area contributed by atoms with Crippen molar-refractivity contribution >= 4 is 16.9 Å². The highest BCUT2D eigenvalue weighted by atomic mass is 16.5. The van der Waals surface area contributed by atoms with Gasteiger partial charge in [0, 0.05) is 38.3 Å². The molecule has 1 amide bonds. The van der Waals surface area contributed by atoms with E-state index in [1.54, 1.807) is 13.2 Å². The van der Waals surface area contributed by atoms with Crippen molar-refractivity contribution in [3.05, 3.63) is 71.4 Å². The predicted molar refractivity (Wildman–Crippen MR) is 134 cm³/mol. The number of rotatable bonds is 5. The van der Waals surface area contributed by atoms with E-state index in [2.05, 4.69) is 6.07 Å². The van der Waals surface area contributed by atoms with Gasteiger partial charge in [0.15, 0.2) is 5.82 Å². The number of nitrogens with zero attached hydrogens (tertiary/aromatic N) is 5. The largest absolute Gasteiger partial charge is 0.494 e. The Bertz CT molecular complexity index is 1430. The van der Waals surface area contributed by atoms with E-state index in [1.807, 2.05) is 69.6 Å². The Balaban J connectivity index is 1.59. The van der Waals surface area contributed by atoms with Crippen LogP contribution < -0.4 is 10.5 Å². The number of ether oxygens (including phenoxy) is 1. The highest BCUT2D eigenvalue weighted by molar-refractivity contribution is 6.00. The Morgan fingerprint density at radius 3 is 2.74 bits per heavy atom. The van der Waals surface area contributed by atoms with Gasteiger partial charge in [-0.1, -0.05) is 30.3 Å². The predicted octanol–water partition coefficient (Wildman–Crippen LogP) is 3.53. The van der Waals surface area contributed by atoms with Crippen molar-refractivity contribution in [2.75, 3.05) is 20.2 Å². The van der Waals surface area contributed by atoms with Gasteiger partial charge in [-0.2, -0.15) is 5.26 Å². The van der Waals surface area contributed by atoms with Crippen molar-refractivity contribution in [1.82, 2.24) is 19.0 Å². The lowest BCUT2D eigenvalue weighted by molar-refractivity contribution is 0.0708. The first-order valence-corrected chi connectivity index (χ1v) is 11.7. The highest BCUT2D eigenvalue weighted by Gasteiger charge is 2.25. The maximum absolute atomic E-state index is 13.3. The number of methoxy groups -OCH3 is 1. The molecule has 8 heteroatoms. The van der Waals surface area contributed by atoms with E-state index in [0.29, 0.717) is 48.0 Å². The van der Waals surface area contributed by atoms with Crippen molar-refractivity contribution < 1.29 is 9.53 Å². The first kappa shape index (κ1) is 22.7. The maximum Gasteiger partial charge on any atom is 0.254 e. The number of amides is 1. The molecule has 178 valence electrons. The van der Waals surface area contributed by atoms with Crippen LogP contribution in [0.25, 0.3) is 22.6 Å². The van der Waals surface area contributed by atoms with Gasteiger partial charge in [-0.15, -0.1) is 0 Å². The molecule has 1 aliphatic rings. The summed E-state index contributed by atoms with van der Waals surface area (Å²) in [4.78, 5) is 20.0. The van der Waals surface area contributed by atoms with Crippen molar-refractivity contribution in [1.29, 1.82) is 5.26 Å². The molecule has 2 aromatic carbocycles. The fraction of sp³-hybridized carbons (Fsp3) is 0.296. The number of aryl methyl sites for hydroxylation is 1. The van der Waals surface area contributed by atoms with E-state index >= 15 is 0 Å². The summed E-state index contributed by atoms with van der Waals surface area (Å²) in [5, 5.41) is 9.72. The van der Waals surface area contributed by atoms with E-state index in [1.165, 1.54) is 0 Å². The number of hydrogen-bond acceptors (Lipinski definition) is 5. The van der Waals surface area contributed by atoms with Crippen LogP contribution in [0.5, 0.6) is 5.75 Å². The molecular weight excluding hydrogens is 440 g/mol. The number of nitrogens with two attached hydrogens (primary N) is 1. The van der Waals surface area contributed by atoms with Crippen molar-refractivity contribution in [3.63, 3.8) is 0 Å². The van der Waals surface area contributed by atoms with Crippen LogP contribution in [0.4, 0.5) is 0 Å². The zero-order chi connectivity index (χ0) is 24.5. The van der Waals surface area contributed by atoms with E-state index in [9.17, 15) is 10.1 Å². The summed E-state index contributed by atoms with van der Waals surface area (Å²) >= 11 is 0. The molecule has 0 spiro atoms. The fourth-order valence-electron chi connectivity index (χ4n) is 4.89. The number of piperidine rings is 1. The molecule has 1 atom stereocenters. The maximum atomic E-state index is 13.3. The number of hydrogen-bond donors (Lipinski definition) is 1. The van der Waals surface area contributed by atoms with Gasteiger partial charge in [0.05, 0.1) is 18.3 Å². The zero-order valence-corrected chi connectivity index (χ0v) is 19.9. The number of likely N-dealkylation sites (tertiary alicyclic amines) is 1. The minimum Gasteiger partial charge on any atom is -0.494 e. The van der Waals surface area contributed by atoms with Crippen molar-refractivity contribution in [3.8, 4) is 23.3 Å². The van der Waals surface area contributed by atoms with Crippen LogP contribution in [0.2, 0.25) is 0 Å². The second-order valence-corrected chi connectivity index (χ2v) is 8.98. The Morgan fingerprint density at radius 1 is 1.23 bits per heavy atom. The second-order valence-electron chi connectivity index (χ2n) is 8.98. The topological polar surface area (TPSA) is 102 Å². The number of fused-ring (bicyclic) bond motifs is 1. The van der Waals surface area contributed by atoms with Crippen LogP contribution in [-0.4, -0.2) is 51.2 Å². The standard InChI is InChI=1S/C27H28N6O2/c1-31-25-22(13-19(14-24(25)35-2)27(34)32-12-6-9-20(29)17-32)30-26(31)23-11-10-21(15-28)33(23)16-18-7-4-3-5-8-18/h3-5,7-8,10-11,13-14,20H,6,9,12,16-17,29H2,1-2H3/t20-/m1/s1. The average Bonchev–Trinajstić information content (AvgIpc) is 3.43. The van der Waals surface area contributed by atoms with Crippen LogP contribution in [0.1, 0.15) is 34.5 Å². The summed E-state index contributed by atoms with van der Waals surface area (Å²) in [5.74, 6) is 1.21. The summed E-state index contributed by atoms with van der Waals surface area (Å²) < 4.78 is 9.61. The monoisotopic (exact) mass is 468 g/mol. The van der Waals surface area contributed by atoms with Crippen LogP contribution in [0.15, 0.2) is 54.6 Å². The first-order chi connectivity index (χ1) is 17.0. The molecule has 8 nitrogen and oxygen atoms in total. The zero-order valence-electron chi connectivity index (χ0n) is 19.9. The van der Waals surface area contributed by atoms with Crippen LogP contribution in [0.3, 0.4) is 0 Å². The molecule has 2 N–H and O–H groups in total. The minimum absolute atomic E-state index is 0.00603. The summed E-state index contributed by atoms with van der Waals surface area (Å²) in [7, 11) is 3.52. The number of carbonyl (C=O) groups excluding carboxylic acids is 1. The van der Waals surface area contributed by atoms with Gasteiger partial charge in [-0.25, -0.2) is 4.98 Å². The molecule has 3 heterocycles. The third-order valence-corrected chi connectivity index (χ3v) is 6.65. The smallest absolute Gasteiger partial charge is 0.254 e. The van der Waals surface area contributed by atoms with Gasteiger partial charge in [-0.3, -0.25) is 4.79 Å². The Hall–Kier alpha value is -4.09. The van der Waals surface area contributed by atoms with E-state index in [0.717, 1.165) is 29.6 Å². The number of aromatic nitrogens is 3. The second kappa shape index (κ2) is 9.28. The van der Waals surface area contributed by atoms with Gasteiger partial charge in [0.2, 0.25) is 0 Å². The fourth-order valence-corrected chi connectivity index (χ4v) is 4.89. The molecule has 5 rings (SSSR count). The molecule has 0 aliphatic carbocycles. The molecule has 1 fully saturated rings. The molecule has 0 saturated carbocycles. The average molecular weight is 469 g/mol. The summed E-state index contributed by atoms with van der Waals surface area (Å²) in [5.41, 5.74) is 10.6. The van der Waals surface area contributed by atoms with Crippen molar-refractivity contribution in [2.24, 2.45) is 12.8 Å². The van der Waals surface area contributed by atoms with Crippen LogP contribution in [0, 0.1) is 11.3 Å². The molecule has 0 radical (unpaired) electrons. The molecule has 1 aliphatic heterocycles. The van der Waals surface area contributed by atoms with Crippen LogP contribution >= 0.6 is 0 Å². The quantitative estimate of drug-likeness (QED) is 0.483. The molecule has 0 unspecified atom stereocenters. The number of carbonyl (C=O) groups is 1. The third-order valence-electron chi connectivity index (χ3n) is 6.65. The van der Waals surface area contributed by atoms with Gasteiger partial charge in [0.1, 0.15) is 23.0 Å². The molecular formula is C27H28N6O2.